The number of aldehydes is 1. The number of alkyl carbamates (subject to hydrolysis) is 1. The first-order valence-electron chi connectivity index (χ1n) is 6.90. The van der Waals surface area contributed by atoms with Gasteiger partial charge >= 0.3 is 6.09 Å². The molecule has 0 saturated heterocycles. The zero-order valence-corrected chi connectivity index (χ0v) is 12.6. The van der Waals surface area contributed by atoms with Crippen molar-refractivity contribution in [2.45, 2.75) is 32.9 Å². The molecule has 5 nitrogen and oxygen atoms in total. The number of amides is 1. The average molecular weight is 288 g/mol. The Kier molecular flexibility index (Phi) is 4.31. The highest BCUT2D eigenvalue weighted by atomic mass is 16.6. The summed E-state index contributed by atoms with van der Waals surface area (Å²) in [5.74, 6) is 0. The van der Waals surface area contributed by atoms with E-state index in [-0.39, 0.29) is 0 Å². The van der Waals surface area contributed by atoms with Gasteiger partial charge in [0.25, 0.3) is 0 Å². The van der Waals surface area contributed by atoms with Crippen molar-refractivity contribution in [1.82, 2.24) is 9.88 Å². The molecule has 0 saturated carbocycles. The number of hydrogen-bond acceptors (Lipinski definition) is 3. The van der Waals surface area contributed by atoms with Crippen molar-refractivity contribution >= 4 is 23.3 Å². The summed E-state index contributed by atoms with van der Waals surface area (Å²) in [5.41, 5.74) is 1.20. The fourth-order valence-electron chi connectivity index (χ4n) is 2.08. The molecule has 5 heteroatoms. The number of fused-ring (bicyclic) bond motifs is 1. The van der Waals surface area contributed by atoms with Gasteiger partial charge in [0, 0.05) is 35.8 Å². The lowest BCUT2D eigenvalue weighted by molar-refractivity contribution is 0.0526. The van der Waals surface area contributed by atoms with E-state index in [1.54, 1.807) is 6.07 Å². The number of nitrogens with zero attached hydrogens (tertiary/aromatic N) is 1. The van der Waals surface area contributed by atoms with Crippen LogP contribution in [0.2, 0.25) is 0 Å². The molecule has 0 aliphatic carbocycles. The Morgan fingerprint density at radius 2 is 2.10 bits per heavy atom. The molecule has 2 rings (SSSR count). The van der Waals surface area contributed by atoms with Crippen molar-refractivity contribution in [2.75, 3.05) is 6.54 Å². The highest BCUT2D eigenvalue weighted by molar-refractivity contribution is 5.87. The van der Waals surface area contributed by atoms with Crippen LogP contribution in [0.3, 0.4) is 0 Å². The van der Waals surface area contributed by atoms with Crippen LogP contribution in [0.5, 0.6) is 0 Å². The summed E-state index contributed by atoms with van der Waals surface area (Å²) in [7, 11) is 0. The van der Waals surface area contributed by atoms with Gasteiger partial charge in [0.05, 0.1) is 0 Å². The normalized spacial score (nSPS) is 11.4. The van der Waals surface area contributed by atoms with E-state index in [4.69, 9.17) is 4.74 Å². The second-order valence-corrected chi connectivity index (χ2v) is 5.87. The van der Waals surface area contributed by atoms with Crippen LogP contribution in [0.4, 0.5) is 4.79 Å². The molecule has 0 radical (unpaired) electrons. The Morgan fingerprint density at radius 3 is 2.76 bits per heavy atom. The van der Waals surface area contributed by atoms with E-state index < -0.39 is 11.7 Å². The van der Waals surface area contributed by atoms with Crippen LogP contribution in [0.25, 0.3) is 10.9 Å². The van der Waals surface area contributed by atoms with E-state index in [0.29, 0.717) is 18.7 Å². The number of carbonyl (C=O) groups excluding carboxylic acids is 2. The summed E-state index contributed by atoms with van der Waals surface area (Å²) < 4.78 is 7.21. The van der Waals surface area contributed by atoms with E-state index in [1.807, 2.05) is 49.7 Å². The molecule has 0 atom stereocenters. The molecule has 0 bridgehead atoms. The average Bonchev–Trinajstić information content (AvgIpc) is 2.79. The van der Waals surface area contributed by atoms with Gasteiger partial charge in [-0.25, -0.2) is 4.79 Å². The molecule has 21 heavy (non-hydrogen) atoms. The molecule has 0 spiro atoms. The van der Waals surface area contributed by atoms with Crippen molar-refractivity contribution in [2.24, 2.45) is 0 Å². The molecule has 1 aromatic carbocycles. The number of benzene rings is 1. The van der Waals surface area contributed by atoms with E-state index >= 15 is 0 Å². The summed E-state index contributed by atoms with van der Waals surface area (Å²) in [5, 5.41) is 3.74. The van der Waals surface area contributed by atoms with Gasteiger partial charge in [-0.05, 0) is 45.0 Å². The molecule has 0 aliphatic heterocycles. The maximum absolute atomic E-state index is 11.6. The van der Waals surface area contributed by atoms with E-state index in [1.165, 1.54) is 0 Å². The second-order valence-electron chi connectivity index (χ2n) is 5.87. The van der Waals surface area contributed by atoms with Crippen LogP contribution in [0, 0.1) is 0 Å². The van der Waals surface area contributed by atoms with Crippen LogP contribution < -0.4 is 5.32 Å². The van der Waals surface area contributed by atoms with Gasteiger partial charge in [0.1, 0.15) is 11.9 Å². The van der Waals surface area contributed by atoms with Gasteiger partial charge in [-0.3, -0.25) is 4.79 Å². The van der Waals surface area contributed by atoms with Gasteiger partial charge in [-0.1, -0.05) is 0 Å². The molecule has 1 aromatic heterocycles. The quantitative estimate of drug-likeness (QED) is 0.880. The van der Waals surface area contributed by atoms with Crippen molar-refractivity contribution in [3.63, 3.8) is 0 Å². The lowest BCUT2D eigenvalue weighted by Gasteiger charge is -2.19. The minimum atomic E-state index is -0.491. The first-order valence-corrected chi connectivity index (χ1v) is 6.90. The Bertz CT molecular complexity index is 653. The Balaban J connectivity index is 1.95. The summed E-state index contributed by atoms with van der Waals surface area (Å²) in [6.45, 7) is 6.61. The largest absolute Gasteiger partial charge is 0.444 e. The van der Waals surface area contributed by atoms with Crippen molar-refractivity contribution in [1.29, 1.82) is 0 Å². The van der Waals surface area contributed by atoms with E-state index in [2.05, 4.69) is 5.32 Å². The number of aromatic nitrogens is 1. The minimum absolute atomic E-state index is 0.415. The SMILES string of the molecule is CC(C)(C)OC(=O)NCCn1ccc2cc(C=O)ccc21. The van der Waals surface area contributed by atoms with Gasteiger partial charge in [-0.15, -0.1) is 0 Å². The lowest BCUT2D eigenvalue weighted by atomic mass is 10.2. The Hall–Kier alpha value is -2.30. The molecule has 0 fully saturated rings. The predicted molar refractivity (Wildman–Crippen MR) is 81.6 cm³/mol. The van der Waals surface area contributed by atoms with Crippen LogP contribution in [-0.4, -0.2) is 29.1 Å². The third-order valence-corrected chi connectivity index (χ3v) is 2.95. The zero-order chi connectivity index (χ0) is 15.5. The molecule has 1 heterocycles. The van der Waals surface area contributed by atoms with Gasteiger partial charge in [-0.2, -0.15) is 0 Å². The van der Waals surface area contributed by atoms with Crippen molar-refractivity contribution in [3.8, 4) is 0 Å². The number of carbonyl (C=O) groups is 2. The molecule has 0 unspecified atom stereocenters. The van der Waals surface area contributed by atoms with Crippen LogP contribution in [0.15, 0.2) is 30.5 Å². The van der Waals surface area contributed by atoms with E-state index in [0.717, 1.165) is 17.2 Å². The number of ether oxygens (including phenoxy) is 1. The number of nitrogens with one attached hydrogen (secondary N) is 1. The van der Waals surface area contributed by atoms with E-state index in [9.17, 15) is 9.59 Å². The van der Waals surface area contributed by atoms with Crippen molar-refractivity contribution in [3.05, 3.63) is 36.0 Å². The van der Waals surface area contributed by atoms with Crippen molar-refractivity contribution < 1.29 is 14.3 Å². The second kappa shape index (κ2) is 5.99. The first-order chi connectivity index (χ1) is 9.89. The molecule has 1 N–H and O–H groups in total. The fraction of sp³-hybridized carbons (Fsp3) is 0.375. The maximum atomic E-state index is 11.6. The minimum Gasteiger partial charge on any atom is -0.444 e. The first kappa shape index (κ1) is 15.1. The van der Waals surface area contributed by atoms with Crippen LogP contribution in [-0.2, 0) is 11.3 Å². The smallest absolute Gasteiger partial charge is 0.407 e. The van der Waals surface area contributed by atoms with Crippen LogP contribution >= 0.6 is 0 Å². The van der Waals surface area contributed by atoms with Gasteiger partial charge < -0.3 is 14.6 Å². The standard InChI is InChI=1S/C16H20N2O3/c1-16(2,3)21-15(20)17-7-9-18-8-6-13-10-12(11-19)4-5-14(13)18/h4-6,8,10-11H,7,9H2,1-3H3,(H,17,20). The summed E-state index contributed by atoms with van der Waals surface area (Å²) >= 11 is 0. The molecular formula is C16H20N2O3. The maximum Gasteiger partial charge on any atom is 0.407 e. The third-order valence-electron chi connectivity index (χ3n) is 2.95. The summed E-state index contributed by atoms with van der Waals surface area (Å²) in [6.07, 6.45) is 2.36. The number of rotatable bonds is 4. The monoisotopic (exact) mass is 288 g/mol. The lowest BCUT2D eigenvalue weighted by Crippen LogP contribution is -2.34. The van der Waals surface area contributed by atoms with Crippen LogP contribution in [0.1, 0.15) is 31.1 Å². The summed E-state index contributed by atoms with van der Waals surface area (Å²) in [6, 6.07) is 7.50. The number of hydrogen-bond donors (Lipinski definition) is 1. The molecule has 1 amide bonds. The fourth-order valence-corrected chi connectivity index (χ4v) is 2.08. The molecule has 2 aromatic rings. The predicted octanol–water partition coefficient (Wildman–Crippen LogP) is 2.98. The topological polar surface area (TPSA) is 60.3 Å². The third kappa shape index (κ3) is 4.08. The van der Waals surface area contributed by atoms with Gasteiger partial charge in [0.2, 0.25) is 0 Å². The summed E-state index contributed by atoms with van der Waals surface area (Å²) in [4.78, 5) is 22.3. The zero-order valence-electron chi connectivity index (χ0n) is 12.6. The Labute approximate surface area is 123 Å². The molecule has 0 aliphatic rings. The highest BCUT2D eigenvalue weighted by Crippen LogP contribution is 2.16. The van der Waals surface area contributed by atoms with Gasteiger partial charge in [0.15, 0.2) is 0 Å². The molecular weight excluding hydrogens is 268 g/mol. The Morgan fingerprint density at radius 1 is 1.33 bits per heavy atom. The molecule has 112 valence electrons. The highest BCUT2D eigenvalue weighted by Gasteiger charge is 2.15.